The second-order valence-corrected chi connectivity index (χ2v) is 6.44. The third-order valence-electron chi connectivity index (χ3n) is 4.93. The molecule has 21 heavy (non-hydrogen) atoms. The Bertz CT molecular complexity index is 330. The van der Waals surface area contributed by atoms with Gasteiger partial charge in [-0.3, -0.25) is 4.79 Å². The molecule has 0 amide bonds. The van der Waals surface area contributed by atoms with Crippen molar-refractivity contribution in [1.29, 1.82) is 0 Å². The molecule has 0 aromatic carbocycles. The van der Waals surface area contributed by atoms with Gasteiger partial charge in [0, 0.05) is 13.2 Å². The van der Waals surface area contributed by atoms with Gasteiger partial charge in [0.1, 0.15) is 5.54 Å². The van der Waals surface area contributed by atoms with E-state index in [9.17, 15) is 4.79 Å². The molecule has 2 fully saturated rings. The van der Waals surface area contributed by atoms with Crippen LogP contribution < -0.4 is 5.32 Å². The Balaban J connectivity index is 1.80. The van der Waals surface area contributed by atoms with Crippen LogP contribution in [0, 0.1) is 11.8 Å². The summed E-state index contributed by atoms with van der Waals surface area (Å²) in [5, 5.41) is 3.43. The lowest BCUT2D eigenvalue weighted by atomic mass is 9.84. The van der Waals surface area contributed by atoms with E-state index in [0.29, 0.717) is 12.5 Å². The fourth-order valence-electron chi connectivity index (χ4n) is 3.60. The Morgan fingerprint density at radius 2 is 1.95 bits per heavy atom. The SMILES string of the molecule is CCNC1(C(=O)OCC)CCCC1CCOCCC1CC1. The molecule has 0 bridgehead atoms. The van der Waals surface area contributed by atoms with Gasteiger partial charge >= 0.3 is 5.97 Å². The number of nitrogens with one attached hydrogen (secondary N) is 1. The molecule has 1 N–H and O–H groups in total. The van der Waals surface area contributed by atoms with Gasteiger partial charge in [-0.1, -0.05) is 26.2 Å². The molecule has 0 saturated heterocycles. The highest BCUT2D eigenvalue weighted by molar-refractivity contribution is 5.81. The van der Waals surface area contributed by atoms with Crippen molar-refractivity contribution in [3.63, 3.8) is 0 Å². The van der Waals surface area contributed by atoms with Crippen LogP contribution in [0.1, 0.15) is 58.8 Å². The summed E-state index contributed by atoms with van der Waals surface area (Å²) in [4.78, 5) is 12.4. The zero-order valence-electron chi connectivity index (χ0n) is 13.7. The van der Waals surface area contributed by atoms with Gasteiger partial charge in [0.05, 0.1) is 6.61 Å². The molecule has 2 aliphatic rings. The molecule has 4 nitrogen and oxygen atoms in total. The van der Waals surface area contributed by atoms with E-state index < -0.39 is 5.54 Å². The average Bonchev–Trinajstić information content (AvgIpc) is 3.20. The van der Waals surface area contributed by atoms with Crippen LogP contribution >= 0.6 is 0 Å². The normalized spacial score (nSPS) is 28.8. The highest BCUT2D eigenvalue weighted by Crippen LogP contribution is 2.39. The van der Waals surface area contributed by atoms with Crippen molar-refractivity contribution in [3.05, 3.63) is 0 Å². The number of likely N-dealkylation sites (N-methyl/N-ethyl adjacent to an activating group) is 1. The largest absolute Gasteiger partial charge is 0.465 e. The monoisotopic (exact) mass is 297 g/mol. The highest BCUT2D eigenvalue weighted by atomic mass is 16.5. The van der Waals surface area contributed by atoms with Gasteiger partial charge in [0.15, 0.2) is 0 Å². The molecule has 4 heteroatoms. The molecule has 0 heterocycles. The van der Waals surface area contributed by atoms with Crippen molar-refractivity contribution >= 4 is 5.97 Å². The molecular formula is C17H31NO3. The first-order chi connectivity index (χ1) is 10.2. The summed E-state index contributed by atoms with van der Waals surface area (Å²) in [6, 6.07) is 0. The minimum Gasteiger partial charge on any atom is -0.465 e. The first kappa shape index (κ1) is 16.8. The number of ether oxygens (including phenoxy) is 2. The topological polar surface area (TPSA) is 47.6 Å². The number of hydrogen-bond acceptors (Lipinski definition) is 4. The van der Waals surface area contributed by atoms with Crippen LogP contribution in [0.2, 0.25) is 0 Å². The maximum atomic E-state index is 12.4. The molecule has 0 aliphatic heterocycles. The predicted molar refractivity (Wildman–Crippen MR) is 83.2 cm³/mol. The fourth-order valence-corrected chi connectivity index (χ4v) is 3.60. The highest BCUT2D eigenvalue weighted by Gasteiger charge is 2.49. The zero-order chi connectivity index (χ0) is 15.1. The summed E-state index contributed by atoms with van der Waals surface area (Å²) >= 11 is 0. The third kappa shape index (κ3) is 4.43. The van der Waals surface area contributed by atoms with E-state index in [1.807, 2.05) is 6.92 Å². The summed E-state index contributed by atoms with van der Waals surface area (Å²) in [6.45, 7) is 6.84. The van der Waals surface area contributed by atoms with Crippen molar-refractivity contribution < 1.29 is 14.3 Å². The quantitative estimate of drug-likeness (QED) is 0.497. The van der Waals surface area contributed by atoms with Gasteiger partial charge in [-0.15, -0.1) is 0 Å². The molecule has 2 unspecified atom stereocenters. The first-order valence-electron chi connectivity index (χ1n) is 8.73. The lowest BCUT2D eigenvalue weighted by Gasteiger charge is -2.34. The van der Waals surface area contributed by atoms with Gasteiger partial charge in [0.25, 0.3) is 0 Å². The van der Waals surface area contributed by atoms with E-state index in [1.54, 1.807) is 0 Å². The maximum absolute atomic E-state index is 12.4. The molecular weight excluding hydrogens is 266 g/mol. The Morgan fingerprint density at radius 1 is 1.19 bits per heavy atom. The second kappa shape index (κ2) is 8.14. The molecule has 2 aliphatic carbocycles. The first-order valence-corrected chi connectivity index (χ1v) is 8.73. The Labute approximate surface area is 129 Å². The Hall–Kier alpha value is -0.610. The van der Waals surface area contributed by atoms with Crippen molar-refractivity contribution in [1.82, 2.24) is 5.32 Å². The predicted octanol–water partition coefficient (Wildman–Crippen LogP) is 2.90. The molecule has 122 valence electrons. The number of carbonyl (C=O) groups excluding carboxylic acids is 1. The van der Waals surface area contributed by atoms with E-state index in [4.69, 9.17) is 9.47 Å². The molecule has 0 spiro atoms. The van der Waals surface area contributed by atoms with Crippen molar-refractivity contribution in [2.75, 3.05) is 26.4 Å². The van der Waals surface area contributed by atoms with E-state index in [2.05, 4.69) is 12.2 Å². The van der Waals surface area contributed by atoms with Crippen LogP contribution in [0.4, 0.5) is 0 Å². The summed E-state index contributed by atoms with van der Waals surface area (Å²) in [5.74, 6) is 1.21. The molecule has 0 aromatic heterocycles. The molecule has 2 saturated carbocycles. The van der Waals surface area contributed by atoms with Crippen LogP contribution in [0.3, 0.4) is 0 Å². The van der Waals surface area contributed by atoms with Gasteiger partial charge in [0.2, 0.25) is 0 Å². The van der Waals surface area contributed by atoms with Gasteiger partial charge in [-0.05, 0) is 51.0 Å². The van der Waals surface area contributed by atoms with Crippen molar-refractivity contribution in [2.45, 2.75) is 64.3 Å². The van der Waals surface area contributed by atoms with E-state index in [0.717, 1.165) is 51.4 Å². The summed E-state index contributed by atoms with van der Waals surface area (Å²) in [5.41, 5.74) is -0.468. The summed E-state index contributed by atoms with van der Waals surface area (Å²) in [6.07, 6.45) is 8.02. The van der Waals surface area contributed by atoms with Crippen LogP contribution in [-0.2, 0) is 14.3 Å². The smallest absolute Gasteiger partial charge is 0.326 e. The van der Waals surface area contributed by atoms with Crippen molar-refractivity contribution in [3.8, 4) is 0 Å². The van der Waals surface area contributed by atoms with Crippen LogP contribution in [0.25, 0.3) is 0 Å². The maximum Gasteiger partial charge on any atom is 0.326 e. The average molecular weight is 297 g/mol. The van der Waals surface area contributed by atoms with E-state index in [-0.39, 0.29) is 5.97 Å². The van der Waals surface area contributed by atoms with Crippen LogP contribution in [0.15, 0.2) is 0 Å². The van der Waals surface area contributed by atoms with Gasteiger partial charge in [-0.25, -0.2) is 0 Å². The lowest BCUT2D eigenvalue weighted by molar-refractivity contribution is -0.153. The van der Waals surface area contributed by atoms with Crippen molar-refractivity contribution in [2.24, 2.45) is 11.8 Å². The number of hydrogen-bond donors (Lipinski definition) is 1. The van der Waals surface area contributed by atoms with Crippen LogP contribution in [-0.4, -0.2) is 37.9 Å². The Kier molecular flexibility index (Phi) is 6.49. The lowest BCUT2D eigenvalue weighted by Crippen LogP contribution is -2.55. The summed E-state index contributed by atoms with van der Waals surface area (Å²) in [7, 11) is 0. The molecule has 0 radical (unpaired) electrons. The summed E-state index contributed by atoms with van der Waals surface area (Å²) < 4.78 is 11.1. The molecule has 0 aromatic rings. The van der Waals surface area contributed by atoms with E-state index in [1.165, 1.54) is 19.3 Å². The number of rotatable bonds is 10. The molecule has 2 rings (SSSR count). The zero-order valence-corrected chi connectivity index (χ0v) is 13.7. The van der Waals surface area contributed by atoms with E-state index >= 15 is 0 Å². The Morgan fingerprint density at radius 3 is 2.62 bits per heavy atom. The standard InChI is InChI=1S/C17H31NO3/c1-3-18-17(16(19)21-4-2)11-5-6-15(17)10-13-20-12-9-14-7-8-14/h14-15,18H,3-13H2,1-2H3. The number of esters is 1. The second-order valence-electron chi connectivity index (χ2n) is 6.44. The van der Waals surface area contributed by atoms with Gasteiger partial charge < -0.3 is 14.8 Å². The number of carbonyl (C=O) groups is 1. The van der Waals surface area contributed by atoms with Crippen LogP contribution in [0.5, 0.6) is 0 Å². The minimum atomic E-state index is -0.468. The fraction of sp³-hybridized carbons (Fsp3) is 0.941. The molecule has 2 atom stereocenters. The van der Waals surface area contributed by atoms with Gasteiger partial charge in [-0.2, -0.15) is 0 Å². The third-order valence-corrected chi connectivity index (χ3v) is 4.93. The minimum absolute atomic E-state index is 0.0627.